The lowest BCUT2D eigenvalue weighted by atomic mass is 9.99. The van der Waals surface area contributed by atoms with Gasteiger partial charge < -0.3 is 15.4 Å². The molecule has 1 saturated heterocycles. The fourth-order valence-electron chi connectivity index (χ4n) is 2.10. The number of rotatable bonds is 5. The van der Waals surface area contributed by atoms with Crippen LogP contribution in [-0.4, -0.2) is 32.2 Å². The molecule has 0 aromatic heterocycles. The van der Waals surface area contributed by atoms with Gasteiger partial charge in [0.1, 0.15) is 12.4 Å². The summed E-state index contributed by atoms with van der Waals surface area (Å²) in [5, 5.41) is 5.95. The Labute approximate surface area is 112 Å². The van der Waals surface area contributed by atoms with Crippen molar-refractivity contribution in [3.63, 3.8) is 0 Å². The normalized spacial score (nSPS) is 16.3. The molecule has 0 bridgehead atoms. The first kappa shape index (κ1) is 14.0. The van der Waals surface area contributed by atoms with Crippen LogP contribution in [0, 0.1) is 11.7 Å². The van der Waals surface area contributed by atoms with E-state index >= 15 is 0 Å². The molecule has 0 aliphatic carbocycles. The van der Waals surface area contributed by atoms with Crippen molar-refractivity contribution in [3.05, 3.63) is 30.1 Å². The minimum atomic E-state index is -0.319. The first-order chi connectivity index (χ1) is 9.24. The van der Waals surface area contributed by atoms with Crippen molar-refractivity contribution >= 4 is 11.6 Å². The molecule has 5 heteroatoms. The Hall–Kier alpha value is -1.46. The molecule has 104 valence electrons. The molecule has 1 aliphatic rings. The van der Waals surface area contributed by atoms with Crippen LogP contribution in [-0.2, 0) is 9.53 Å². The van der Waals surface area contributed by atoms with E-state index < -0.39 is 0 Å². The number of carbonyl (C=O) groups is 1. The largest absolute Gasteiger partial charge is 0.371 e. The molecule has 1 amide bonds. The summed E-state index contributed by atoms with van der Waals surface area (Å²) in [6.07, 6.45) is 2.19. The fraction of sp³-hybridized carbons (Fsp3) is 0.500. The van der Waals surface area contributed by atoms with Crippen LogP contribution < -0.4 is 10.6 Å². The van der Waals surface area contributed by atoms with Gasteiger partial charge in [-0.25, -0.2) is 4.39 Å². The molecule has 1 aromatic rings. The van der Waals surface area contributed by atoms with Crippen molar-refractivity contribution in [2.45, 2.75) is 12.8 Å². The zero-order valence-electron chi connectivity index (χ0n) is 10.8. The molecule has 2 rings (SSSR count). The lowest BCUT2D eigenvalue weighted by Crippen LogP contribution is -2.30. The van der Waals surface area contributed by atoms with Crippen molar-refractivity contribution in [1.29, 1.82) is 0 Å². The fourth-order valence-corrected chi connectivity index (χ4v) is 2.10. The average Bonchev–Trinajstić information content (AvgIpc) is 2.43. The predicted molar refractivity (Wildman–Crippen MR) is 71.4 cm³/mol. The molecule has 1 aromatic carbocycles. The number of amides is 1. The molecular weight excluding hydrogens is 247 g/mol. The number of nitrogens with one attached hydrogen (secondary N) is 2. The number of hydrogen-bond donors (Lipinski definition) is 2. The minimum absolute atomic E-state index is 0.0430. The first-order valence-electron chi connectivity index (χ1n) is 6.58. The highest BCUT2D eigenvalue weighted by atomic mass is 19.1. The number of halogens is 1. The number of hydrogen-bond acceptors (Lipinski definition) is 3. The van der Waals surface area contributed by atoms with Crippen LogP contribution in [0.25, 0.3) is 0 Å². The Morgan fingerprint density at radius 3 is 2.68 bits per heavy atom. The summed E-state index contributed by atoms with van der Waals surface area (Å²) >= 11 is 0. The Morgan fingerprint density at radius 1 is 1.32 bits per heavy atom. The number of piperidine rings is 1. The molecule has 0 radical (unpaired) electrons. The van der Waals surface area contributed by atoms with E-state index in [1.165, 1.54) is 24.3 Å². The molecule has 0 unspecified atom stereocenters. The third-order valence-corrected chi connectivity index (χ3v) is 3.17. The molecule has 0 atom stereocenters. The van der Waals surface area contributed by atoms with Crippen LogP contribution in [0.15, 0.2) is 24.3 Å². The quantitative estimate of drug-likeness (QED) is 0.854. The van der Waals surface area contributed by atoms with Gasteiger partial charge in [-0.15, -0.1) is 0 Å². The standard InChI is InChI=1S/C14H19FN2O2/c15-12-1-3-13(4-2-12)17-14(18)10-19-9-11-5-7-16-8-6-11/h1-4,11,16H,5-10H2,(H,17,18). The van der Waals surface area contributed by atoms with E-state index in [1.807, 2.05) is 0 Å². The Kier molecular flexibility index (Phi) is 5.30. The second-order valence-electron chi connectivity index (χ2n) is 4.76. The van der Waals surface area contributed by atoms with Crippen molar-refractivity contribution in [3.8, 4) is 0 Å². The van der Waals surface area contributed by atoms with Crippen molar-refractivity contribution in [2.75, 3.05) is 31.6 Å². The van der Waals surface area contributed by atoms with Gasteiger partial charge in [0, 0.05) is 5.69 Å². The van der Waals surface area contributed by atoms with Crippen molar-refractivity contribution in [1.82, 2.24) is 5.32 Å². The third kappa shape index (κ3) is 4.96. The van der Waals surface area contributed by atoms with Gasteiger partial charge in [0.25, 0.3) is 0 Å². The first-order valence-corrected chi connectivity index (χ1v) is 6.58. The minimum Gasteiger partial charge on any atom is -0.371 e. The van der Waals surface area contributed by atoms with Crippen LogP contribution in [0.5, 0.6) is 0 Å². The molecule has 2 N–H and O–H groups in total. The second-order valence-corrected chi connectivity index (χ2v) is 4.76. The van der Waals surface area contributed by atoms with E-state index in [0.29, 0.717) is 18.2 Å². The van der Waals surface area contributed by atoms with E-state index in [-0.39, 0.29) is 18.3 Å². The maximum Gasteiger partial charge on any atom is 0.250 e. The molecule has 19 heavy (non-hydrogen) atoms. The van der Waals surface area contributed by atoms with Gasteiger partial charge in [0.2, 0.25) is 5.91 Å². The SMILES string of the molecule is O=C(COCC1CCNCC1)Nc1ccc(F)cc1. The van der Waals surface area contributed by atoms with E-state index in [1.54, 1.807) is 0 Å². The number of benzene rings is 1. The maximum absolute atomic E-state index is 12.7. The maximum atomic E-state index is 12.7. The summed E-state index contributed by atoms with van der Waals surface area (Å²) in [6.45, 7) is 2.71. The van der Waals surface area contributed by atoms with E-state index in [0.717, 1.165) is 25.9 Å². The summed E-state index contributed by atoms with van der Waals surface area (Å²) in [5.41, 5.74) is 0.580. The van der Waals surface area contributed by atoms with Crippen LogP contribution in [0.2, 0.25) is 0 Å². The van der Waals surface area contributed by atoms with E-state index in [4.69, 9.17) is 4.74 Å². The Balaban J connectivity index is 1.65. The molecule has 4 nitrogen and oxygen atoms in total. The molecule has 0 spiro atoms. The highest BCUT2D eigenvalue weighted by Gasteiger charge is 2.13. The topological polar surface area (TPSA) is 50.4 Å². The van der Waals surface area contributed by atoms with Crippen molar-refractivity contribution in [2.24, 2.45) is 5.92 Å². The molecular formula is C14H19FN2O2. The molecule has 1 aliphatic heterocycles. The highest BCUT2D eigenvalue weighted by Crippen LogP contribution is 2.12. The average molecular weight is 266 g/mol. The van der Waals surface area contributed by atoms with Crippen molar-refractivity contribution < 1.29 is 13.9 Å². The van der Waals surface area contributed by atoms with Crippen LogP contribution in [0.1, 0.15) is 12.8 Å². The lowest BCUT2D eigenvalue weighted by molar-refractivity contribution is -0.121. The van der Waals surface area contributed by atoms with E-state index in [2.05, 4.69) is 10.6 Å². The van der Waals surface area contributed by atoms with Gasteiger partial charge in [0.05, 0.1) is 6.61 Å². The van der Waals surface area contributed by atoms with Gasteiger partial charge in [-0.2, -0.15) is 0 Å². The Morgan fingerprint density at radius 2 is 2.00 bits per heavy atom. The Bertz CT molecular complexity index is 402. The molecule has 1 heterocycles. The second kappa shape index (κ2) is 7.21. The van der Waals surface area contributed by atoms with E-state index in [9.17, 15) is 9.18 Å². The number of anilines is 1. The van der Waals surface area contributed by atoms with Crippen LogP contribution in [0.3, 0.4) is 0 Å². The van der Waals surface area contributed by atoms with Crippen LogP contribution in [0.4, 0.5) is 10.1 Å². The monoisotopic (exact) mass is 266 g/mol. The number of carbonyl (C=O) groups excluding carboxylic acids is 1. The number of ether oxygens (including phenoxy) is 1. The van der Waals surface area contributed by atoms with Gasteiger partial charge in [0.15, 0.2) is 0 Å². The van der Waals surface area contributed by atoms with Crippen LogP contribution >= 0.6 is 0 Å². The molecule has 0 saturated carbocycles. The predicted octanol–water partition coefficient (Wildman–Crippen LogP) is 1.78. The summed E-state index contributed by atoms with van der Waals surface area (Å²) in [7, 11) is 0. The zero-order valence-corrected chi connectivity index (χ0v) is 10.8. The molecule has 1 fully saturated rings. The smallest absolute Gasteiger partial charge is 0.250 e. The summed E-state index contributed by atoms with van der Waals surface area (Å²) < 4.78 is 18.1. The zero-order chi connectivity index (χ0) is 13.5. The van der Waals surface area contributed by atoms with Gasteiger partial charge in [-0.3, -0.25) is 4.79 Å². The highest BCUT2D eigenvalue weighted by molar-refractivity contribution is 5.91. The van der Waals surface area contributed by atoms with Gasteiger partial charge >= 0.3 is 0 Å². The van der Waals surface area contributed by atoms with Gasteiger partial charge in [-0.1, -0.05) is 0 Å². The van der Waals surface area contributed by atoms with Gasteiger partial charge in [-0.05, 0) is 56.1 Å². The summed E-state index contributed by atoms with van der Waals surface area (Å²) in [6, 6.07) is 5.68. The summed E-state index contributed by atoms with van der Waals surface area (Å²) in [5.74, 6) is 0.0144. The summed E-state index contributed by atoms with van der Waals surface area (Å²) in [4.78, 5) is 11.6. The third-order valence-electron chi connectivity index (χ3n) is 3.17. The lowest BCUT2D eigenvalue weighted by Gasteiger charge is -2.22.